The number of nitrogens with zero attached hydrogens (tertiary/aromatic N) is 1. The number of aliphatic carboxylic acids is 1. The van der Waals surface area contributed by atoms with Crippen LogP contribution < -0.4 is 5.32 Å². The minimum absolute atomic E-state index is 0.0164. The van der Waals surface area contributed by atoms with Gasteiger partial charge in [-0.2, -0.15) is 0 Å². The zero-order chi connectivity index (χ0) is 26.2. The number of thiazole rings is 1. The maximum Gasteiger partial charge on any atom is 0.307 e. The Kier molecular flexibility index (Phi) is 7.10. The Morgan fingerprint density at radius 3 is 2.45 bits per heavy atom. The molecular formula is C30H30N2O4S2. The first kappa shape index (κ1) is 25.3. The van der Waals surface area contributed by atoms with E-state index in [1.54, 1.807) is 6.07 Å². The summed E-state index contributed by atoms with van der Waals surface area (Å²) in [6, 6.07) is 13.7. The first-order chi connectivity index (χ1) is 18.5. The molecule has 3 aromatic rings. The number of Topliss-reactive ketones (excluding diaryl/α,β-unsaturated/α-hetero) is 1. The summed E-state index contributed by atoms with van der Waals surface area (Å²) in [7, 11) is 0. The second-order valence-electron chi connectivity index (χ2n) is 10.7. The highest BCUT2D eigenvalue weighted by molar-refractivity contribution is 8.01. The lowest BCUT2D eigenvalue weighted by Gasteiger charge is -2.23. The number of allylic oxidation sites excluding steroid dienone is 2. The van der Waals surface area contributed by atoms with Gasteiger partial charge in [0.2, 0.25) is 5.91 Å². The van der Waals surface area contributed by atoms with Gasteiger partial charge in [0.1, 0.15) is 0 Å². The molecule has 3 aliphatic carbocycles. The van der Waals surface area contributed by atoms with E-state index in [2.05, 4.69) is 22.4 Å². The van der Waals surface area contributed by atoms with Crippen LogP contribution in [0.25, 0.3) is 10.2 Å². The normalized spacial score (nSPS) is 24.6. The molecule has 0 radical (unpaired) electrons. The number of benzene rings is 2. The van der Waals surface area contributed by atoms with Crippen molar-refractivity contribution in [2.24, 2.45) is 23.7 Å². The minimum Gasteiger partial charge on any atom is -0.481 e. The molecule has 0 unspecified atom stereocenters. The van der Waals surface area contributed by atoms with Crippen molar-refractivity contribution in [2.75, 3.05) is 11.1 Å². The number of nitrogens with one attached hydrogen (secondary N) is 1. The van der Waals surface area contributed by atoms with Crippen molar-refractivity contribution in [2.45, 2.75) is 48.8 Å². The van der Waals surface area contributed by atoms with Gasteiger partial charge in [-0.05, 0) is 60.8 Å². The molecule has 0 saturated heterocycles. The standard InChI is InChI=1S/C30H30N2O4S2/c33-24(19-8-6-18(7-9-19)17-4-2-1-3-5-17)16-37-30-32-23-13-12-22(15-25(23)38-30)31-28(34)26-20-10-11-21(14-20)27(26)29(35)36/h6-13,15,17,20-21,26-27H,1-5,14,16H2,(H,31,34)(H,35,36)/t20-,21-,26+,27+/m0/s1. The maximum atomic E-state index is 13.0. The molecule has 196 valence electrons. The first-order valence-electron chi connectivity index (χ1n) is 13.3. The molecule has 1 aromatic heterocycles. The van der Waals surface area contributed by atoms with Crippen molar-refractivity contribution in [3.63, 3.8) is 0 Å². The summed E-state index contributed by atoms with van der Waals surface area (Å²) in [4.78, 5) is 42.3. The number of hydrogen-bond donors (Lipinski definition) is 2. The van der Waals surface area contributed by atoms with Crippen molar-refractivity contribution in [3.8, 4) is 0 Å². The number of ketones is 1. The van der Waals surface area contributed by atoms with E-state index in [-0.39, 0.29) is 23.5 Å². The Bertz CT molecular complexity index is 1410. The van der Waals surface area contributed by atoms with Crippen molar-refractivity contribution in [1.82, 2.24) is 4.98 Å². The summed E-state index contributed by atoms with van der Waals surface area (Å²) in [5.41, 5.74) is 3.52. The minimum atomic E-state index is -0.906. The van der Waals surface area contributed by atoms with E-state index < -0.39 is 17.8 Å². The van der Waals surface area contributed by atoms with Crippen LogP contribution in [0.4, 0.5) is 5.69 Å². The summed E-state index contributed by atoms with van der Waals surface area (Å²) in [6.07, 6.45) is 11.1. The van der Waals surface area contributed by atoms with Crippen LogP contribution in [0, 0.1) is 23.7 Å². The highest BCUT2D eigenvalue weighted by Crippen LogP contribution is 2.48. The second kappa shape index (κ2) is 10.7. The molecular weight excluding hydrogens is 516 g/mol. The Labute approximate surface area is 229 Å². The van der Waals surface area contributed by atoms with Gasteiger partial charge in [0.25, 0.3) is 0 Å². The highest BCUT2D eigenvalue weighted by atomic mass is 32.2. The highest BCUT2D eigenvalue weighted by Gasteiger charge is 2.51. The van der Waals surface area contributed by atoms with Crippen LogP contribution in [0.1, 0.15) is 60.4 Å². The Morgan fingerprint density at radius 2 is 1.71 bits per heavy atom. The van der Waals surface area contributed by atoms with Crippen LogP contribution in [-0.4, -0.2) is 33.5 Å². The Morgan fingerprint density at radius 1 is 0.974 bits per heavy atom. The van der Waals surface area contributed by atoms with E-state index >= 15 is 0 Å². The lowest BCUT2D eigenvalue weighted by Crippen LogP contribution is -2.36. The lowest BCUT2D eigenvalue weighted by molar-refractivity contribution is -0.146. The van der Waals surface area contributed by atoms with Gasteiger partial charge in [-0.3, -0.25) is 14.4 Å². The van der Waals surface area contributed by atoms with Crippen molar-refractivity contribution in [3.05, 3.63) is 65.7 Å². The molecule has 8 heteroatoms. The number of amides is 1. The predicted molar refractivity (Wildman–Crippen MR) is 151 cm³/mol. The molecule has 2 N–H and O–H groups in total. The molecule has 2 saturated carbocycles. The second-order valence-corrected chi connectivity index (χ2v) is 12.9. The average molecular weight is 547 g/mol. The van der Waals surface area contributed by atoms with Gasteiger partial charge >= 0.3 is 5.97 Å². The largest absolute Gasteiger partial charge is 0.481 e. The molecule has 2 fully saturated rings. The number of thioether (sulfide) groups is 1. The van der Waals surface area contributed by atoms with E-state index in [1.165, 1.54) is 60.8 Å². The number of aromatic nitrogens is 1. The summed E-state index contributed by atoms with van der Waals surface area (Å²) < 4.78 is 1.72. The number of rotatable bonds is 8. The third-order valence-corrected chi connectivity index (χ3v) is 10.5. The number of fused-ring (bicyclic) bond motifs is 3. The van der Waals surface area contributed by atoms with E-state index in [0.717, 1.165) is 26.5 Å². The molecule has 0 spiro atoms. The SMILES string of the molecule is O=C(CSc1nc2ccc(NC(=O)[C@H]3[C@H](C(=O)O)[C@H]4C=C[C@H]3C4)cc2s1)c1ccc(C2CCCCC2)cc1. The zero-order valence-electron chi connectivity index (χ0n) is 21.0. The quantitative estimate of drug-likeness (QED) is 0.184. The van der Waals surface area contributed by atoms with Gasteiger partial charge < -0.3 is 10.4 Å². The fourth-order valence-corrected chi connectivity index (χ4v) is 8.37. The van der Waals surface area contributed by atoms with E-state index in [0.29, 0.717) is 17.4 Å². The number of carboxylic acids is 1. The molecule has 4 atom stereocenters. The summed E-state index contributed by atoms with van der Waals surface area (Å²) in [5, 5.41) is 12.6. The first-order valence-corrected chi connectivity index (χ1v) is 15.1. The van der Waals surface area contributed by atoms with E-state index in [1.807, 2.05) is 36.4 Å². The fraction of sp³-hybridized carbons (Fsp3) is 0.400. The molecule has 2 aromatic carbocycles. The van der Waals surface area contributed by atoms with Gasteiger partial charge in [-0.25, -0.2) is 4.98 Å². The number of carbonyl (C=O) groups is 3. The number of anilines is 1. The van der Waals surface area contributed by atoms with Crippen molar-refractivity contribution < 1.29 is 19.5 Å². The molecule has 6 rings (SSSR count). The molecule has 3 aliphatic rings. The van der Waals surface area contributed by atoms with Crippen LogP contribution in [0.2, 0.25) is 0 Å². The smallest absolute Gasteiger partial charge is 0.307 e. The Balaban J connectivity index is 1.08. The van der Waals surface area contributed by atoms with E-state index in [9.17, 15) is 19.5 Å². The van der Waals surface area contributed by atoms with Crippen LogP contribution in [-0.2, 0) is 9.59 Å². The van der Waals surface area contributed by atoms with Crippen LogP contribution >= 0.6 is 23.1 Å². The lowest BCUT2D eigenvalue weighted by atomic mass is 9.82. The molecule has 0 aliphatic heterocycles. The molecule has 6 nitrogen and oxygen atoms in total. The molecule has 1 heterocycles. The molecule has 38 heavy (non-hydrogen) atoms. The van der Waals surface area contributed by atoms with Gasteiger partial charge in [0.05, 0.1) is 27.8 Å². The monoisotopic (exact) mass is 546 g/mol. The van der Waals surface area contributed by atoms with Crippen molar-refractivity contribution in [1.29, 1.82) is 0 Å². The van der Waals surface area contributed by atoms with E-state index in [4.69, 9.17) is 0 Å². The third kappa shape index (κ3) is 5.04. The van der Waals surface area contributed by atoms with Crippen LogP contribution in [0.15, 0.2) is 59.0 Å². The molecule has 1 amide bonds. The zero-order valence-corrected chi connectivity index (χ0v) is 22.6. The van der Waals surface area contributed by atoms with Crippen LogP contribution in [0.5, 0.6) is 0 Å². The predicted octanol–water partition coefficient (Wildman–Crippen LogP) is 6.78. The van der Waals surface area contributed by atoms with Gasteiger partial charge in [-0.1, -0.05) is 67.4 Å². The summed E-state index contributed by atoms with van der Waals surface area (Å²) >= 11 is 2.92. The topological polar surface area (TPSA) is 96.4 Å². The summed E-state index contributed by atoms with van der Waals surface area (Å²) in [5.74, 6) is -1.40. The van der Waals surface area contributed by atoms with Gasteiger partial charge in [0.15, 0.2) is 10.1 Å². The third-order valence-electron chi connectivity index (χ3n) is 8.32. The van der Waals surface area contributed by atoms with Crippen LogP contribution in [0.3, 0.4) is 0 Å². The number of carboxylic acid groups (broad SMARTS) is 1. The molecule has 2 bridgehead atoms. The maximum absolute atomic E-state index is 13.0. The summed E-state index contributed by atoms with van der Waals surface area (Å²) in [6.45, 7) is 0. The van der Waals surface area contributed by atoms with Gasteiger partial charge in [0, 0.05) is 11.3 Å². The number of carbonyl (C=O) groups excluding carboxylic acids is 2. The van der Waals surface area contributed by atoms with Gasteiger partial charge in [-0.15, -0.1) is 11.3 Å². The van der Waals surface area contributed by atoms with Crippen molar-refractivity contribution >= 4 is 56.7 Å². The average Bonchev–Trinajstić information content (AvgIpc) is 3.66. The Hall–Kier alpha value is -2.97. The number of hydrogen-bond acceptors (Lipinski definition) is 6. The fourth-order valence-electron chi connectivity index (χ4n) is 6.37.